The third-order valence-electron chi connectivity index (χ3n) is 4.87. The van der Waals surface area contributed by atoms with Gasteiger partial charge in [-0.05, 0) is 18.2 Å². The molecule has 0 aliphatic carbocycles. The van der Waals surface area contributed by atoms with Gasteiger partial charge >= 0.3 is 0 Å². The maximum absolute atomic E-state index is 14.0. The molecule has 8 heteroatoms. The van der Waals surface area contributed by atoms with Crippen LogP contribution in [-0.4, -0.2) is 51.9 Å². The van der Waals surface area contributed by atoms with Gasteiger partial charge in [0.15, 0.2) is 0 Å². The van der Waals surface area contributed by atoms with Crippen LogP contribution in [0, 0.1) is 11.6 Å². The third-order valence-corrected chi connectivity index (χ3v) is 5.23. The molecular formula is C20H17ClF2N4O. The van der Waals surface area contributed by atoms with E-state index in [2.05, 4.69) is 9.97 Å². The fraction of sp³-hybridized carbons (Fsp3) is 0.250. The number of fused-ring (bicyclic) bond motifs is 1. The Bertz CT molecular complexity index is 1020. The van der Waals surface area contributed by atoms with Gasteiger partial charge in [0.05, 0.1) is 11.1 Å². The molecule has 0 spiro atoms. The fourth-order valence-corrected chi connectivity index (χ4v) is 3.61. The van der Waals surface area contributed by atoms with E-state index in [0.29, 0.717) is 54.3 Å². The second kappa shape index (κ2) is 7.77. The number of hydrogen-bond acceptors (Lipinski definition) is 4. The van der Waals surface area contributed by atoms with Gasteiger partial charge < -0.3 is 4.90 Å². The number of amides is 1. The van der Waals surface area contributed by atoms with E-state index in [-0.39, 0.29) is 17.3 Å². The highest BCUT2D eigenvalue weighted by molar-refractivity contribution is 6.31. The van der Waals surface area contributed by atoms with Crippen molar-refractivity contribution < 1.29 is 13.6 Å². The van der Waals surface area contributed by atoms with Gasteiger partial charge in [-0.1, -0.05) is 17.7 Å². The highest BCUT2D eigenvalue weighted by Crippen LogP contribution is 2.23. The standard InChI is InChI=1S/C20H17ClF2N4O/c21-16-2-1-3-17(23)15(16)12-26-6-8-27(9-7-26)20(28)14-10-13(22)11-18-19(14)25-5-4-24-18/h1-5,10-11H,6-9,12H2. The lowest BCUT2D eigenvalue weighted by molar-refractivity contribution is 0.0628. The number of carbonyl (C=O) groups excluding carboxylic acids is 1. The normalized spacial score (nSPS) is 15.2. The van der Waals surface area contributed by atoms with E-state index < -0.39 is 5.82 Å². The van der Waals surface area contributed by atoms with E-state index in [1.165, 1.54) is 30.6 Å². The first-order valence-electron chi connectivity index (χ1n) is 8.88. The average Bonchev–Trinajstić information content (AvgIpc) is 2.70. The minimum Gasteiger partial charge on any atom is -0.336 e. The Balaban J connectivity index is 1.48. The topological polar surface area (TPSA) is 49.3 Å². The molecule has 0 atom stereocenters. The molecule has 0 bridgehead atoms. The largest absolute Gasteiger partial charge is 0.336 e. The Morgan fingerprint density at radius 1 is 1.07 bits per heavy atom. The van der Waals surface area contributed by atoms with Gasteiger partial charge in [0.1, 0.15) is 17.2 Å². The molecule has 4 rings (SSSR count). The number of halogens is 3. The Morgan fingerprint density at radius 2 is 1.82 bits per heavy atom. The van der Waals surface area contributed by atoms with E-state index in [1.807, 2.05) is 4.90 Å². The summed E-state index contributed by atoms with van der Waals surface area (Å²) in [5.74, 6) is -1.14. The van der Waals surface area contributed by atoms with Crippen LogP contribution in [0.1, 0.15) is 15.9 Å². The Kier molecular flexibility index (Phi) is 5.19. The molecule has 1 aromatic heterocycles. The van der Waals surface area contributed by atoms with E-state index >= 15 is 0 Å². The van der Waals surface area contributed by atoms with Crippen molar-refractivity contribution in [3.8, 4) is 0 Å². The van der Waals surface area contributed by atoms with Crippen LogP contribution < -0.4 is 0 Å². The van der Waals surface area contributed by atoms with Crippen LogP contribution >= 0.6 is 11.6 Å². The summed E-state index contributed by atoms with van der Waals surface area (Å²) in [4.78, 5) is 24.9. The van der Waals surface area contributed by atoms with Crippen molar-refractivity contribution in [2.75, 3.05) is 26.2 Å². The Labute approximate surface area is 165 Å². The Hall–Kier alpha value is -2.64. The molecule has 1 aliphatic heterocycles. The lowest BCUT2D eigenvalue weighted by atomic mass is 10.1. The smallest absolute Gasteiger partial charge is 0.256 e. The molecule has 0 saturated carbocycles. The molecule has 1 saturated heterocycles. The second-order valence-corrected chi connectivity index (χ2v) is 7.05. The molecule has 2 aromatic carbocycles. The van der Waals surface area contributed by atoms with Crippen molar-refractivity contribution in [3.63, 3.8) is 0 Å². The van der Waals surface area contributed by atoms with Crippen LogP contribution in [0.4, 0.5) is 8.78 Å². The van der Waals surface area contributed by atoms with Crippen LogP contribution in [0.2, 0.25) is 5.02 Å². The monoisotopic (exact) mass is 402 g/mol. The molecule has 0 N–H and O–H groups in total. The number of rotatable bonds is 3. The van der Waals surface area contributed by atoms with E-state index in [4.69, 9.17) is 11.6 Å². The molecular weight excluding hydrogens is 386 g/mol. The van der Waals surface area contributed by atoms with Crippen LogP contribution in [-0.2, 0) is 6.54 Å². The molecule has 0 unspecified atom stereocenters. The summed E-state index contributed by atoms with van der Waals surface area (Å²) in [6.45, 7) is 2.40. The van der Waals surface area contributed by atoms with Crippen molar-refractivity contribution in [1.29, 1.82) is 0 Å². The zero-order chi connectivity index (χ0) is 19.7. The van der Waals surface area contributed by atoms with Gasteiger partial charge in [0.25, 0.3) is 5.91 Å². The van der Waals surface area contributed by atoms with E-state index in [9.17, 15) is 13.6 Å². The second-order valence-electron chi connectivity index (χ2n) is 6.65. The minimum absolute atomic E-state index is 0.202. The number of piperazine rings is 1. The molecule has 1 fully saturated rings. The predicted molar refractivity (Wildman–Crippen MR) is 102 cm³/mol. The van der Waals surface area contributed by atoms with Crippen LogP contribution in [0.25, 0.3) is 11.0 Å². The van der Waals surface area contributed by atoms with Crippen molar-refractivity contribution in [3.05, 3.63) is 70.5 Å². The first kappa shape index (κ1) is 18.7. The SMILES string of the molecule is O=C(c1cc(F)cc2nccnc12)N1CCN(Cc2c(F)cccc2Cl)CC1. The van der Waals surface area contributed by atoms with Gasteiger partial charge in [-0.25, -0.2) is 8.78 Å². The minimum atomic E-state index is -0.524. The van der Waals surface area contributed by atoms with Crippen molar-refractivity contribution >= 4 is 28.5 Å². The average molecular weight is 403 g/mol. The summed E-state index contributed by atoms with van der Waals surface area (Å²) in [6.07, 6.45) is 2.94. The van der Waals surface area contributed by atoms with Crippen molar-refractivity contribution in [2.45, 2.75) is 6.54 Å². The van der Waals surface area contributed by atoms with Gasteiger partial charge in [-0.15, -0.1) is 0 Å². The molecule has 144 valence electrons. The zero-order valence-corrected chi connectivity index (χ0v) is 15.7. The molecule has 28 heavy (non-hydrogen) atoms. The molecule has 1 aliphatic rings. The van der Waals surface area contributed by atoms with E-state index in [1.54, 1.807) is 17.0 Å². The first-order chi connectivity index (χ1) is 13.5. The molecule has 1 amide bonds. The van der Waals surface area contributed by atoms with Gasteiger partial charge in [0, 0.05) is 61.8 Å². The van der Waals surface area contributed by atoms with Crippen LogP contribution in [0.5, 0.6) is 0 Å². The highest BCUT2D eigenvalue weighted by Gasteiger charge is 2.25. The summed E-state index contributed by atoms with van der Waals surface area (Å²) >= 11 is 6.10. The zero-order valence-electron chi connectivity index (χ0n) is 14.9. The lowest BCUT2D eigenvalue weighted by Crippen LogP contribution is -2.48. The number of hydrogen-bond donors (Lipinski definition) is 0. The summed E-state index contributed by atoms with van der Waals surface area (Å²) in [6, 6.07) is 7.08. The summed E-state index contributed by atoms with van der Waals surface area (Å²) in [5, 5.41) is 0.392. The number of benzene rings is 2. The maximum atomic E-state index is 14.0. The Morgan fingerprint density at radius 3 is 2.57 bits per heavy atom. The van der Waals surface area contributed by atoms with Crippen molar-refractivity contribution in [2.24, 2.45) is 0 Å². The van der Waals surface area contributed by atoms with Gasteiger partial charge in [-0.2, -0.15) is 0 Å². The fourth-order valence-electron chi connectivity index (χ4n) is 3.39. The first-order valence-corrected chi connectivity index (χ1v) is 9.25. The van der Waals surface area contributed by atoms with Crippen molar-refractivity contribution in [1.82, 2.24) is 19.8 Å². The lowest BCUT2D eigenvalue weighted by Gasteiger charge is -2.35. The predicted octanol–water partition coefficient (Wildman–Crippen LogP) is 3.52. The summed E-state index contributed by atoms with van der Waals surface area (Å²) in [5.41, 5.74) is 1.39. The molecule has 3 aromatic rings. The molecule has 2 heterocycles. The third kappa shape index (κ3) is 3.68. The number of carbonyl (C=O) groups is 1. The molecule has 5 nitrogen and oxygen atoms in total. The van der Waals surface area contributed by atoms with Crippen LogP contribution in [0.15, 0.2) is 42.7 Å². The summed E-state index contributed by atoms with van der Waals surface area (Å²) in [7, 11) is 0. The van der Waals surface area contributed by atoms with Crippen LogP contribution in [0.3, 0.4) is 0 Å². The number of aromatic nitrogens is 2. The quantitative estimate of drug-likeness (QED) is 0.672. The van der Waals surface area contributed by atoms with Gasteiger partial charge in [0.2, 0.25) is 0 Å². The van der Waals surface area contributed by atoms with E-state index in [0.717, 1.165) is 0 Å². The highest BCUT2D eigenvalue weighted by atomic mass is 35.5. The summed E-state index contributed by atoms with van der Waals surface area (Å²) < 4.78 is 27.9. The number of nitrogens with zero attached hydrogens (tertiary/aromatic N) is 4. The maximum Gasteiger partial charge on any atom is 0.256 e. The van der Waals surface area contributed by atoms with Gasteiger partial charge in [-0.3, -0.25) is 19.7 Å². The molecule has 0 radical (unpaired) electrons.